The van der Waals surface area contributed by atoms with Crippen molar-refractivity contribution in [3.8, 4) is 0 Å². The van der Waals surface area contributed by atoms with Crippen molar-refractivity contribution in [3.05, 3.63) is 0 Å². The van der Waals surface area contributed by atoms with Crippen LogP contribution in [0.3, 0.4) is 0 Å². The largest absolute Gasteiger partial charge is 0.370 e. The maximum absolute atomic E-state index is 14.6. The first-order valence-electron chi connectivity index (χ1n) is 22.5. The van der Waals surface area contributed by atoms with Crippen LogP contribution in [0.1, 0.15) is 92.4 Å². The summed E-state index contributed by atoms with van der Waals surface area (Å²) in [5.74, 6) is -6.46. The summed E-state index contributed by atoms with van der Waals surface area (Å²) in [5, 5.41) is 18.7. The van der Waals surface area contributed by atoms with Crippen molar-refractivity contribution in [1.29, 1.82) is 0 Å². The zero-order chi connectivity index (χ0) is 51.1. The number of hydrogen-bond acceptors (Lipinski definition) is 14. The molecule has 0 aromatic rings. The van der Waals surface area contributed by atoms with Crippen LogP contribution in [0.4, 0.5) is 0 Å². The van der Waals surface area contributed by atoms with E-state index in [2.05, 4.69) is 47.2 Å². The third-order valence-corrected chi connectivity index (χ3v) is 14.7. The average molecular weight is 1020 g/mol. The monoisotopic (exact) mass is 1020 g/mol. The molecule has 0 aromatic heterocycles. The summed E-state index contributed by atoms with van der Waals surface area (Å²) >= 11 is 1.44. The van der Waals surface area contributed by atoms with Gasteiger partial charge in [0.05, 0.1) is 6.54 Å². The topological polar surface area (TPSA) is 396 Å². The highest BCUT2D eigenvalue weighted by Gasteiger charge is 2.42. The van der Waals surface area contributed by atoms with E-state index in [9.17, 15) is 43.2 Å². The Kier molecular flexibility index (Phi) is 25.7. The van der Waals surface area contributed by atoms with Gasteiger partial charge in [0.25, 0.3) is 0 Å². The van der Waals surface area contributed by atoms with Gasteiger partial charge in [0.1, 0.15) is 42.3 Å². The number of guanidine groups is 2. The summed E-state index contributed by atoms with van der Waals surface area (Å²) in [7, 11) is 2.21. The van der Waals surface area contributed by atoms with Gasteiger partial charge in [-0.25, -0.2) is 0 Å². The van der Waals surface area contributed by atoms with E-state index in [0.29, 0.717) is 18.6 Å². The fraction of sp³-hybridized carbons (Fsp3) is 0.732. The van der Waals surface area contributed by atoms with E-state index in [0.717, 1.165) is 21.6 Å². The molecule has 2 aliphatic heterocycles. The van der Waals surface area contributed by atoms with Crippen molar-refractivity contribution < 1.29 is 43.2 Å². The van der Waals surface area contributed by atoms with Crippen molar-refractivity contribution in [2.24, 2.45) is 44.6 Å². The maximum Gasteiger partial charge on any atom is 0.245 e. The predicted molar refractivity (Wildman–Crippen MR) is 265 cm³/mol. The summed E-state index contributed by atoms with van der Waals surface area (Å²) in [6, 6.07) is -8.35. The highest BCUT2D eigenvalue weighted by atomic mass is 33.1. The second kappa shape index (κ2) is 29.7. The standard InChI is InChI=1S/C41H73N15O9S3/c1-22(2)19-27-35(62)52-24(11-9-15-47-39(43)44)33(60)49-20-30(58)51-28(32(42)59)21-67-68-41(4,5)31(50-23(3)57)37(64)54-26(14-18-66-6)38(65)56-17-8-7-13-29(56)36(63)53-25(34(61)55-27)12-10-16-48-40(45)46/h22,24-29,31H,7-21H2,1-6H3,(H2,42,59)(H,49,60)(H,50,57)(H,51,58)(H,52,62)(H,53,63)(H,54,64)(H,55,61)(H4,43,44,47)(H4,45,46,48)/t24-,25-,26-,27-,28-,29-,31+/m0/s1. The van der Waals surface area contributed by atoms with Crippen LogP contribution in [-0.4, -0.2) is 161 Å². The molecule has 2 rings (SSSR count). The number of rotatable bonds is 15. The van der Waals surface area contributed by atoms with Gasteiger partial charge < -0.3 is 70.8 Å². The highest BCUT2D eigenvalue weighted by molar-refractivity contribution is 8.77. The molecule has 17 N–H and O–H groups in total. The smallest absolute Gasteiger partial charge is 0.245 e. The molecule has 0 bridgehead atoms. The highest BCUT2D eigenvalue weighted by Crippen LogP contribution is 2.39. The zero-order valence-corrected chi connectivity index (χ0v) is 42.3. The van der Waals surface area contributed by atoms with E-state index in [1.54, 1.807) is 13.8 Å². The maximum atomic E-state index is 14.6. The number of carbonyl (C=O) groups is 9. The van der Waals surface area contributed by atoms with Gasteiger partial charge in [-0.15, -0.1) is 0 Å². The molecule has 0 aromatic carbocycles. The molecule has 68 heavy (non-hydrogen) atoms. The summed E-state index contributed by atoms with van der Waals surface area (Å²) < 4.78 is -1.10. The minimum Gasteiger partial charge on any atom is -0.370 e. The van der Waals surface area contributed by atoms with E-state index in [1.807, 2.05) is 20.1 Å². The molecule has 0 radical (unpaired) electrons. The number of hydrogen-bond donors (Lipinski definition) is 12. The Labute approximate surface area is 410 Å². The molecule has 0 aliphatic carbocycles. The molecular weight excluding hydrogens is 943 g/mol. The van der Waals surface area contributed by atoms with Crippen LogP contribution in [-0.2, 0) is 43.2 Å². The molecule has 0 spiro atoms. The summed E-state index contributed by atoms with van der Waals surface area (Å²) in [6.45, 7) is 7.99. The van der Waals surface area contributed by atoms with Crippen LogP contribution in [0.2, 0.25) is 0 Å². The quantitative estimate of drug-likeness (QED) is 0.0336. The molecule has 27 heteroatoms. The third-order valence-electron chi connectivity index (χ3n) is 10.7. The lowest BCUT2D eigenvalue weighted by Gasteiger charge is -2.38. The Hall–Kier alpha value is -5.18. The first-order chi connectivity index (χ1) is 32.0. The van der Waals surface area contributed by atoms with Crippen LogP contribution >= 0.6 is 33.3 Å². The number of nitrogens with one attached hydrogen (secondary N) is 7. The van der Waals surface area contributed by atoms with Gasteiger partial charge in [-0.2, -0.15) is 11.8 Å². The molecule has 2 heterocycles. The predicted octanol–water partition coefficient (Wildman–Crippen LogP) is -3.02. The number of nitrogens with two attached hydrogens (primary N) is 5. The van der Waals surface area contributed by atoms with E-state index in [4.69, 9.17) is 28.7 Å². The molecule has 2 aliphatic rings. The van der Waals surface area contributed by atoms with Crippen molar-refractivity contribution in [1.82, 2.24) is 42.1 Å². The lowest BCUT2D eigenvalue weighted by Crippen LogP contribution is -2.62. The lowest BCUT2D eigenvalue weighted by molar-refractivity contribution is -0.146. The van der Waals surface area contributed by atoms with Gasteiger partial charge in [-0.3, -0.25) is 53.1 Å². The Morgan fingerprint density at radius 2 is 1.34 bits per heavy atom. The first-order valence-corrected chi connectivity index (χ1v) is 26.2. The molecule has 24 nitrogen and oxygen atoms in total. The van der Waals surface area contributed by atoms with Gasteiger partial charge in [-0.05, 0) is 89.6 Å². The third kappa shape index (κ3) is 21.0. The molecule has 2 saturated heterocycles. The van der Waals surface area contributed by atoms with Gasteiger partial charge in [0, 0.05) is 37.1 Å². The van der Waals surface area contributed by atoms with Crippen molar-refractivity contribution >= 4 is 98.4 Å². The molecule has 7 atom stereocenters. The number of thioether (sulfide) groups is 1. The van der Waals surface area contributed by atoms with Crippen molar-refractivity contribution in [2.75, 3.05) is 43.9 Å². The average Bonchev–Trinajstić information content (AvgIpc) is 3.26. The summed E-state index contributed by atoms with van der Waals surface area (Å²) in [4.78, 5) is 133. The minimum atomic E-state index is -1.26. The number of carbonyl (C=O) groups excluding carboxylic acids is 9. The van der Waals surface area contributed by atoms with E-state index in [-0.39, 0.29) is 88.2 Å². The number of nitrogens with zero attached hydrogens (tertiary/aromatic N) is 3. The second-order valence-corrected chi connectivity index (χ2v) is 21.4. The van der Waals surface area contributed by atoms with Crippen LogP contribution in [0.25, 0.3) is 0 Å². The normalized spacial score (nSPS) is 25.2. The fourth-order valence-electron chi connectivity index (χ4n) is 7.27. The van der Waals surface area contributed by atoms with Gasteiger partial charge in [0.15, 0.2) is 11.9 Å². The molecule has 9 amide bonds. The van der Waals surface area contributed by atoms with E-state index < -0.39 is 107 Å². The van der Waals surface area contributed by atoms with Crippen LogP contribution in [0.15, 0.2) is 9.98 Å². The van der Waals surface area contributed by atoms with Crippen LogP contribution < -0.4 is 65.9 Å². The van der Waals surface area contributed by atoms with Crippen LogP contribution in [0.5, 0.6) is 0 Å². The van der Waals surface area contributed by atoms with E-state index >= 15 is 0 Å². The summed E-state index contributed by atoms with van der Waals surface area (Å²) in [6.07, 6.45) is 3.96. The van der Waals surface area contributed by atoms with Gasteiger partial charge in [-0.1, -0.05) is 35.4 Å². The lowest BCUT2D eigenvalue weighted by atomic mass is 9.97. The Morgan fingerprint density at radius 1 is 0.779 bits per heavy atom. The SMILES string of the molecule is CSCC[C@@H]1NC(=O)[C@@H](NC(C)=O)C(C)(C)SSC[C@@H](C(N)=O)NC(=O)CNC(=O)[C@H](CCCN=C(N)N)NC(=O)[C@H](CC(C)C)NC(=O)[C@H](CCCN=C(N)N)NC(=O)[C@@H]2CCCCN2C1=O. The van der Waals surface area contributed by atoms with Crippen LogP contribution in [0, 0.1) is 5.92 Å². The molecule has 0 saturated carbocycles. The number of aliphatic imine (C=N–C) groups is 2. The number of primary amides is 1. The second-order valence-electron chi connectivity index (χ2n) is 17.4. The Balaban J connectivity index is 2.71. The molecular formula is C41H73N15O9S3. The van der Waals surface area contributed by atoms with Crippen molar-refractivity contribution in [2.45, 2.75) is 139 Å². The molecule has 384 valence electrons. The minimum absolute atomic E-state index is 0.00159. The number of amides is 9. The number of piperidine rings is 1. The van der Waals surface area contributed by atoms with Crippen molar-refractivity contribution in [3.63, 3.8) is 0 Å². The first kappa shape index (κ1) is 58.9. The summed E-state index contributed by atoms with van der Waals surface area (Å²) in [5.41, 5.74) is 27.7. The number of fused-ring (bicyclic) bond motifs is 1. The van der Waals surface area contributed by atoms with E-state index in [1.165, 1.54) is 23.6 Å². The molecule has 0 unspecified atom stereocenters. The Morgan fingerprint density at radius 3 is 1.90 bits per heavy atom. The molecule has 2 fully saturated rings. The Bertz CT molecular complexity index is 1830. The zero-order valence-electron chi connectivity index (χ0n) is 39.9. The van der Waals surface area contributed by atoms with Gasteiger partial charge >= 0.3 is 0 Å². The fourth-order valence-corrected chi connectivity index (χ4v) is 10.6. The van der Waals surface area contributed by atoms with Gasteiger partial charge in [0.2, 0.25) is 53.2 Å².